The number of aliphatic carboxylic acids is 1. The third kappa shape index (κ3) is 6.13. The largest absolute Gasteiger partial charge is 0.480 e. The van der Waals surface area contributed by atoms with Crippen molar-refractivity contribution in [2.75, 3.05) is 19.6 Å². The minimum Gasteiger partial charge on any atom is -0.480 e. The molecule has 0 radical (unpaired) electrons. The molecule has 1 aromatic heterocycles. The van der Waals surface area contributed by atoms with Crippen molar-refractivity contribution in [2.24, 2.45) is 0 Å². The second-order valence-corrected chi connectivity index (χ2v) is 6.68. The Labute approximate surface area is 154 Å². The van der Waals surface area contributed by atoms with E-state index in [-0.39, 0.29) is 24.4 Å². The highest BCUT2D eigenvalue weighted by Crippen LogP contribution is 2.18. The number of carbonyl (C=O) groups excluding carboxylic acids is 2. The fourth-order valence-electron chi connectivity index (χ4n) is 3.41. The molecule has 2 rings (SSSR count). The molecular weight excluding hydrogens is 334 g/mol. The van der Waals surface area contributed by atoms with Gasteiger partial charge in [0.25, 0.3) is 0 Å². The summed E-state index contributed by atoms with van der Waals surface area (Å²) < 4.78 is 0. The number of aromatic nitrogens is 1. The Morgan fingerprint density at radius 3 is 2.73 bits per heavy atom. The number of rotatable bonds is 7. The van der Waals surface area contributed by atoms with Gasteiger partial charge in [-0.25, -0.2) is 0 Å². The molecule has 1 saturated heterocycles. The van der Waals surface area contributed by atoms with E-state index in [4.69, 9.17) is 5.11 Å². The summed E-state index contributed by atoms with van der Waals surface area (Å²) in [6.45, 7) is 2.35. The predicted octanol–water partition coefficient (Wildman–Crippen LogP) is 1.72. The zero-order valence-electron chi connectivity index (χ0n) is 15.3. The van der Waals surface area contributed by atoms with Crippen LogP contribution in [-0.4, -0.2) is 63.4 Å². The first-order valence-corrected chi connectivity index (χ1v) is 9.14. The standard InChI is InChI=1S/C19H27N3O4/c1-15(23)22(14-19(25)26)17-8-5-12-21(13-10-17)18(24)9-4-7-16-6-2-3-11-20-16/h2-3,6,11,17H,4-5,7-10,12-14H2,1H3,(H,25,26). The van der Waals surface area contributed by atoms with Gasteiger partial charge in [-0.2, -0.15) is 0 Å². The van der Waals surface area contributed by atoms with Gasteiger partial charge in [0.05, 0.1) is 0 Å². The smallest absolute Gasteiger partial charge is 0.323 e. The van der Waals surface area contributed by atoms with E-state index < -0.39 is 5.97 Å². The average Bonchev–Trinajstić information content (AvgIpc) is 2.86. The van der Waals surface area contributed by atoms with E-state index in [1.807, 2.05) is 23.1 Å². The molecule has 1 aliphatic heterocycles. The van der Waals surface area contributed by atoms with Crippen molar-refractivity contribution < 1.29 is 19.5 Å². The van der Waals surface area contributed by atoms with E-state index in [1.54, 1.807) is 6.20 Å². The normalized spacial score (nSPS) is 17.4. The fraction of sp³-hybridized carbons (Fsp3) is 0.579. The molecule has 26 heavy (non-hydrogen) atoms. The number of carboxylic acids is 1. The summed E-state index contributed by atoms with van der Waals surface area (Å²) in [5.74, 6) is -1.12. The van der Waals surface area contributed by atoms with Gasteiger partial charge in [-0.3, -0.25) is 19.4 Å². The minimum absolute atomic E-state index is 0.116. The highest BCUT2D eigenvalue weighted by Gasteiger charge is 2.27. The molecule has 2 heterocycles. The lowest BCUT2D eigenvalue weighted by atomic mass is 10.1. The van der Waals surface area contributed by atoms with Gasteiger partial charge in [0, 0.05) is 44.4 Å². The van der Waals surface area contributed by atoms with Crippen molar-refractivity contribution in [3.05, 3.63) is 30.1 Å². The maximum Gasteiger partial charge on any atom is 0.323 e. The van der Waals surface area contributed by atoms with Crippen molar-refractivity contribution in [1.29, 1.82) is 0 Å². The molecule has 7 heteroatoms. The third-order valence-corrected chi connectivity index (χ3v) is 4.75. The third-order valence-electron chi connectivity index (χ3n) is 4.75. The van der Waals surface area contributed by atoms with E-state index in [9.17, 15) is 14.4 Å². The van der Waals surface area contributed by atoms with Crippen LogP contribution in [0.15, 0.2) is 24.4 Å². The van der Waals surface area contributed by atoms with Crippen LogP contribution in [0.4, 0.5) is 0 Å². The summed E-state index contributed by atoms with van der Waals surface area (Å²) >= 11 is 0. The summed E-state index contributed by atoms with van der Waals surface area (Å²) in [4.78, 5) is 42.7. The van der Waals surface area contributed by atoms with Crippen LogP contribution in [-0.2, 0) is 20.8 Å². The number of hydrogen-bond acceptors (Lipinski definition) is 4. The molecule has 0 spiro atoms. The van der Waals surface area contributed by atoms with Crippen LogP contribution in [0.1, 0.15) is 44.7 Å². The molecule has 1 aliphatic rings. The molecule has 1 N–H and O–H groups in total. The molecule has 0 aliphatic carbocycles. The summed E-state index contributed by atoms with van der Waals surface area (Å²) in [7, 11) is 0. The number of pyridine rings is 1. The highest BCUT2D eigenvalue weighted by molar-refractivity contribution is 5.80. The predicted molar refractivity (Wildman–Crippen MR) is 96.4 cm³/mol. The molecule has 1 aromatic rings. The van der Waals surface area contributed by atoms with Crippen LogP contribution in [0.3, 0.4) is 0 Å². The maximum atomic E-state index is 12.5. The van der Waals surface area contributed by atoms with E-state index >= 15 is 0 Å². The first kappa shape index (κ1) is 19.9. The van der Waals surface area contributed by atoms with Crippen molar-refractivity contribution in [3.63, 3.8) is 0 Å². The fourth-order valence-corrected chi connectivity index (χ4v) is 3.41. The van der Waals surface area contributed by atoms with Crippen LogP contribution in [0, 0.1) is 0 Å². The van der Waals surface area contributed by atoms with Gasteiger partial charge in [0.2, 0.25) is 11.8 Å². The molecule has 7 nitrogen and oxygen atoms in total. The van der Waals surface area contributed by atoms with Crippen molar-refractivity contribution in [2.45, 2.75) is 51.5 Å². The second kappa shape index (κ2) is 9.89. The highest BCUT2D eigenvalue weighted by atomic mass is 16.4. The zero-order chi connectivity index (χ0) is 18.9. The molecule has 2 amide bonds. The van der Waals surface area contributed by atoms with Gasteiger partial charge in [-0.15, -0.1) is 0 Å². The van der Waals surface area contributed by atoms with Crippen LogP contribution >= 0.6 is 0 Å². The van der Waals surface area contributed by atoms with Gasteiger partial charge < -0.3 is 14.9 Å². The van der Waals surface area contributed by atoms with Gasteiger partial charge >= 0.3 is 5.97 Å². The lowest BCUT2D eigenvalue weighted by Gasteiger charge is -2.28. The van der Waals surface area contributed by atoms with Crippen LogP contribution in [0.2, 0.25) is 0 Å². The molecule has 142 valence electrons. The number of carboxylic acid groups (broad SMARTS) is 1. The van der Waals surface area contributed by atoms with Crippen molar-refractivity contribution in [3.8, 4) is 0 Å². The number of carbonyl (C=O) groups is 3. The zero-order valence-corrected chi connectivity index (χ0v) is 15.3. The summed E-state index contributed by atoms with van der Waals surface area (Å²) in [6.07, 6.45) is 5.90. The van der Waals surface area contributed by atoms with E-state index in [1.165, 1.54) is 11.8 Å². The molecule has 0 aromatic carbocycles. The molecule has 1 unspecified atom stereocenters. The summed E-state index contributed by atoms with van der Waals surface area (Å²) in [6, 6.07) is 5.66. The van der Waals surface area contributed by atoms with Gasteiger partial charge in [-0.05, 0) is 44.2 Å². The molecule has 0 saturated carbocycles. The Balaban J connectivity index is 1.82. The number of aryl methyl sites for hydroxylation is 1. The quantitative estimate of drug-likeness (QED) is 0.798. The maximum absolute atomic E-state index is 12.5. The summed E-state index contributed by atoms with van der Waals surface area (Å²) in [5, 5.41) is 9.00. The molecular formula is C19H27N3O4. The molecule has 1 fully saturated rings. The Morgan fingerprint density at radius 2 is 2.08 bits per heavy atom. The summed E-state index contributed by atoms with van der Waals surface area (Å²) in [5.41, 5.74) is 0.988. The number of likely N-dealkylation sites (tertiary alicyclic amines) is 1. The Morgan fingerprint density at radius 1 is 1.27 bits per heavy atom. The van der Waals surface area contributed by atoms with Gasteiger partial charge in [0.15, 0.2) is 0 Å². The van der Waals surface area contributed by atoms with Crippen molar-refractivity contribution >= 4 is 17.8 Å². The van der Waals surface area contributed by atoms with Crippen LogP contribution in [0.25, 0.3) is 0 Å². The Hall–Kier alpha value is -2.44. The first-order valence-electron chi connectivity index (χ1n) is 9.14. The number of amides is 2. The topological polar surface area (TPSA) is 90.8 Å². The minimum atomic E-state index is -1.01. The van der Waals surface area contributed by atoms with Crippen LogP contribution in [0.5, 0.6) is 0 Å². The van der Waals surface area contributed by atoms with Gasteiger partial charge in [-0.1, -0.05) is 6.07 Å². The lowest BCUT2D eigenvalue weighted by molar-refractivity contribution is -0.145. The molecule has 0 bridgehead atoms. The first-order chi connectivity index (χ1) is 12.5. The second-order valence-electron chi connectivity index (χ2n) is 6.68. The lowest BCUT2D eigenvalue weighted by Crippen LogP contribution is -2.43. The number of nitrogens with zero attached hydrogens (tertiary/aromatic N) is 3. The SMILES string of the molecule is CC(=O)N(CC(=O)O)C1CCCN(C(=O)CCCc2ccccn2)CC1. The Bertz CT molecular complexity index is 620. The Kier molecular flexibility index (Phi) is 7.56. The molecule has 1 atom stereocenters. The van der Waals surface area contributed by atoms with Crippen molar-refractivity contribution in [1.82, 2.24) is 14.8 Å². The average molecular weight is 361 g/mol. The van der Waals surface area contributed by atoms with Gasteiger partial charge in [0.1, 0.15) is 6.54 Å². The van der Waals surface area contributed by atoms with E-state index in [0.717, 1.165) is 31.4 Å². The van der Waals surface area contributed by atoms with Crippen LogP contribution < -0.4 is 0 Å². The van der Waals surface area contributed by atoms with E-state index in [0.29, 0.717) is 25.9 Å². The monoisotopic (exact) mass is 361 g/mol. The van der Waals surface area contributed by atoms with E-state index in [2.05, 4.69) is 4.98 Å². The number of hydrogen-bond donors (Lipinski definition) is 1.